The zero-order chi connectivity index (χ0) is 15.2. The zero-order valence-electron chi connectivity index (χ0n) is 14.2. The van der Waals surface area contributed by atoms with Gasteiger partial charge in [0.25, 0.3) is 0 Å². The quantitative estimate of drug-likeness (QED) is 0.778. The highest BCUT2D eigenvalue weighted by Crippen LogP contribution is 2.33. The molecular formula is C17H29Cl3N2O. The molecule has 3 nitrogen and oxygen atoms in total. The Labute approximate surface area is 157 Å². The minimum absolute atomic E-state index is 0. The van der Waals surface area contributed by atoms with Crippen molar-refractivity contribution in [2.45, 2.75) is 32.7 Å². The summed E-state index contributed by atoms with van der Waals surface area (Å²) < 4.78 is 5.39. The van der Waals surface area contributed by atoms with Crippen LogP contribution in [0, 0.1) is 5.92 Å². The molecule has 1 aliphatic heterocycles. The average molecular weight is 384 g/mol. The van der Waals surface area contributed by atoms with Gasteiger partial charge in [0, 0.05) is 32.2 Å². The summed E-state index contributed by atoms with van der Waals surface area (Å²) in [6, 6.07) is 6.67. The van der Waals surface area contributed by atoms with Crippen LogP contribution in [0.3, 0.4) is 0 Å². The van der Waals surface area contributed by atoms with Crippen molar-refractivity contribution in [2.24, 2.45) is 5.92 Å². The Morgan fingerprint density at radius 2 is 1.83 bits per heavy atom. The highest BCUT2D eigenvalue weighted by molar-refractivity contribution is 6.32. The molecule has 0 saturated carbocycles. The molecule has 1 saturated heterocycles. The summed E-state index contributed by atoms with van der Waals surface area (Å²) in [7, 11) is 1.68. The Kier molecular flexibility index (Phi) is 11.3. The van der Waals surface area contributed by atoms with Crippen LogP contribution in [0.5, 0.6) is 5.75 Å². The van der Waals surface area contributed by atoms with Gasteiger partial charge in [-0.1, -0.05) is 31.5 Å². The predicted octanol–water partition coefficient (Wildman–Crippen LogP) is 4.57. The van der Waals surface area contributed by atoms with Crippen LogP contribution in [0.2, 0.25) is 5.02 Å². The maximum absolute atomic E-state index is 6.17. The summed E-state index contributed by atoms with van der Waals surface area (Å²) >= 11 is 6.17. The fourth-order valence-electron chi connectivity index (χ4n) is 2.93. The van der Waals surface area contributed by atoms with E-state index >= 15 is 0 Å². The third-order valence-corrected chi connectivity index (χ3v) is 4.48. The molecule has 6 heteroatoms. The van der Waals surface area contributed by atoms with Crippen molar-refractivity contribution in [2.75, 3.05) is 33.3 Å². The van der Waals surface area contributed by atoms with Crippen LogP contribution >= 0.6 is 36.4 Å². The van der Waals surface area contributed by atoms with Gasteiger partial charge in [0.05, 0.1) is 12.1 Å². The van der Waals surface area contributed by atoms with E-state index in [1.807, 2.05) is 6.07 Å². The van der Waals surface area contributed by atoms with Gasteiger partial charge >= 0.3 is 0 Å². The Morgan fingerprint density at radius 1 is 1.17 bits per heavy atom. The van der Waals surface area contributed by atoms with E-state index in [1.165, 1.54) is 18.4 Å². The molecule has 0 bridgehead atoms. The van der Waals surface area contributed by atoms with Crippen molar-refractivity contribution >= 4 is 36.4 Å². The van der Waals surface area contributed by atoms with Crippen LogP contribution in [0.1, 0.15) is 38.3 Å². The molecule has 0 spiro atoms. The van der Waals surface area contributed by atoms with Gasteiger partial charge in [-0.3, -0.25) is 4.90 Å². The SMILES string of the molecule is COc1cc([C@@H](CCC(C)C)N2CCNCC2)ccc1Cl.Cl.Cl. The van der Waals surface area contributed by atoms with Crippen molar-refractivity contribution in [3.05, 3.63) is 28.8 Å². The number of rotatable bonds is 6. The fourth-order valence-corrected chi connectivity index (χ4v) is 3.12. The monoisotopic (exact) mass is 382 g/mol. The van der Waals surface area contributed by atoms with E-state index in [-0.39, 0.29) is 24.8 Å². The minimum atomic E-state index is 0. The molecule has 0 aliphatic carbocycles. The second-order valence-electron chi connectivity index (χ2n) is 6.17. The number of methoxy groups -OCH3 is 1. The van der Waals surface area contributed by atoms with Gasteiger partial charge in [0.1, 0.15) is 5.75 Å². The zero-order valence-corrected chi connectivity index (χ0v) is 16.6. The molecule has 1 N–H and O–H groups in total. The number of ether oxygens (including phenoxy) is 1. The molecule has 1 heterocycles. The topological polar surface area (TPSA) is 24.5 Å². The first kappa shape index (κ1) is 22.8. The first-order chi connectivity index (χ1) is 10.1. The van der Waals surface area contributed by atoms with Gasteiger partial charge in [-0.2, -0.15) is 0 Å². The average Bonchev–Trinajstić information content (AvgIpc) is 2.49. The molecule has 1 aromatic rings. The fraction of sp³-hybridized carbons (Fsp3) is 0.647. The van der Waals surface area contributed by atoms with Crippen LogP contribution in [0.15, 0.2) is 18.2 Å². The lowest BCUT2D eigenvalue weighted by Gasteiger charge is -2.36. The van der Waals surface area contributed by atoms with Crippen LogP contribution in [0.4, 0.5) is 0 Å². The van der Waals surface area contributed by atoms with Gasteiger partial charge < -0.3 is 10.1 Å². The van der Waals surface area contributed by atoms with E-state index < -0.39 is 0 Å². The van der Waals surface area contributed by atoms with Crippen LogP contribution in [-0.2, 0) is 0 Å². The normalized spacial score (nSPS) is 16.4. The molecule has 0 unspecified atom stereocenters. The summed E-state index contributed by atoms with van der Waals surface area (Å²) in [5.41, 5.74) is 1.32. The second-order valence-corrected chi connectivity index (χ2v) is 6.57. The van der Waals surface area contributed by atoms with E-state index in [4.69, 9.17) is 16.3 Å². The first-order valence-electron chi connectivity index (χ1n) is 7.90. The molecule has 2 rings (SSSR count). The molecule has 1 atom stereocenters. The third-order valence-electron chi connectivity index (χ3n) is 4.17. The van der Waals surface area contributed by atoms with E-state index in [0.717, 1.165) is 37.8 Å². The lowest BCUT2D eigenvalue weighted by molar-refractivity contribution is 0.159. The smallest absolute Gasteiger partial charge is 0.137 e. The van der Waals surface area contributed by atoms with Gasteiger partial charge in [0.15, 0.2) is 0 Å². The number of piperazine rings is 1. The predicted molar refractivity (Wildman–Crippen MR) is 104 cm³/mol. The van der Waals surface area contributed by atoms with Crippen LogP contribution in [0.25, 0.3) is 0 Å². The van der Waals surface area contributed by atoms with E-state index in [2.05, 4.69) is 36.2 Å². The standard InChI is InChI=1S/C17H27ClN2O.2ClH/c1-13(2)4-7-16(20-10-8-19-9-11-20)14-5-6-15(18)17(12-14)21-3;;/h5-6,12-13,16,19H,4,7-11H2,1-3H3;2*1H/t16-;;/m1../s1. The minimum Gasteiger partial charge on any atom is -0.495 e. The number of nitrogens with one attached hydrogen (secondary N) is 1. The number of hydrogen-bond donors (Lipinski definition) is 1. The van der Waals surface area contributed by atoms with Crippen LogP contribution in [-0.4, -0.2) is 38.2 Å². The van der Waals surface area contributed by atoms with Gasteiger partial charge in [0.2, 0.25) is 0 Å². The number of hydrogen-bond acceptors (Lipinski definition) is 3. The van der Waals surface area contributed by atoms with E-state index in [9.17, 15) is 0 Å². The number of halogens is 3. The molecule has 1 fully saturated rings. The molecule has 1 aromatic carbocycles. The van der Waals surface area contributed by atoms with Crippen molar-refractivity contribution in [3.8, 4) is 5.75 Å². The van der Waals surface area contributed by atoms with Gasteiger partial charge in [-0.05, 0) is 36.5 Å². The summed E-state index contributed by atoms with van der Waals surface area (Å²) in [5.74, 6) is 1.50. The lowest BCUT2D eigenvalue weighted by atomic mass is 9.95. The van der Waals surface area contributed by atoms with Crippen molar-refractivity contribution in [1.29, 1.82) is 0 Å². The Morgan fingerprint density at radius 3 is 2.39 bits per heavy atom. The Balaban J connectivity index is 0.00000242. The van der Waals surface area contributed by atoms with Gasteiger partial charge in [-0.15, -0.1) is 24.8 Å². The van der Waals surface area contributed by atoms with E-state index in [1.54, 1.807) is 7.11 Å². The maximum atomic E-state index is 6.17. The van der Waals surface area contributed by atoms with Crippen molar-refractivity contribution in [1.82, 2.24) is 10.2 Å². The second kappa shape index (κ2) is 11.4. The maximum Gasteiger partial charge on any atom is 0.137 e. The molecule has 0 aromatic heterocycles. The number of nitrogens with zero attached hydrogens (tertiary/aromatic N) is 1. The Bertz CT molecular complexity index is 451. The molecule has 23 heavy (non-hydrogen) atoms. The lowest BCUT2D eigenvalue weighted by Crippen LogP contribution is -2.45. The summed E-state index contributed by atoms with van der Waals surface area (Å²) in [6.07, 6.45) is 2.42. The molecule has 1 aliphatic rings. The van der Waals surface area contributed by atoms with Crippen molar-refractivity contribution in [3.63, 3.8) is 0 Å². The van der Waals surface area contributed by atoms with Crippen LogP contribution < -0.4 is 10.1 Å². The number of benzene rings is 1. The molecule has 0 radical (unpaired) electrons. The summed E-state index contributed by atoms with van der Waals surface area (Å²) in [6.45, 7) is 8.93. The highest BCUT2D eigenvalue weighted by Gasteiger charge is 2.23. The largest absolute Gasteiger partial charge is 0.495 e. The molecule has 134 valence electrons. The summed E-state index contributed by atoms with van der Waals surface area (Å²) in [4.78, 5) is 2.58. The summed E-state index contributed by atoms with van der Waals surface area (Å²) in [5, 5.41) is 4.11. The molecular weight excluding hydrogens is 355 g/mol. The first-order valence-corrected chi connectivity index (χ1v) is 8.27. The van der Waals surface area contributed by atoms with Crippen molar-refractivity contribution < 1.29 is 4.74 Å². The van der Waals surface area contributed by atoms with Gasteiger partial charge in [-0.25, -0.2) is 0 Å². The third kappa shape index (κ3) is 6.67. The Hall–Kier alpha value is -0.190. The van der Waals surface area contributed by atoms with E-state index in [0.29, 0.717) is 11.1 Å². The molecule has 0 amide bonds. The highest BCUT2D eigenvalue weighted by atomic mass is 35.5.